The lowest BCUT2D eigenvalue weighted by molar-refractivity contribution is -0.118. The quantitative estimate of drug-likeness (QED) is 0.831. The zero-order chi connectivity index (χ0) is 18.5. The maximum absolute atomic E-state index is 12.4. The zero-order valence-corrected chi connectivity index (χ0v) is 14.9. The van der Waals surface area contributed by atoms with Gasteiger partial charge in [-0.3, -0.25) is 9.59 Å². The molecule has 7 heteroatoms. The lowest BCUT2D eigenvalue weighted by atomic mass is 10.1. The summed E-state index contributed by atoms with van der Waals surface area (Å²) in [7, 11) is 0. The van der Waals surface area contributed by atoms with E-state index in [1.54, 1.807) is 24.4 Å². The largest absolute Gasteiger partial charge is 0.482 e. The minimum absolute atomic E-state index is 0.00493. The molecule has 26 heavy (non-hydrogen) atoms. The number of ether oxygens (including phenoxy) is 1. The second-order valence-electron chi connectivity index (χ2n) is 5.93. The van der Waals surface area contributed by atoms with Gasteiger partial charge >= 0.3 is 0 Å². The fourth-order valence-corrected chi connectivity index (χ4v) is 2.76. The lowest BCUT2D eigenvalue weighted by Gasteiger charge is -2.19. The van der Waals surface area contributed by atoms with E-state index in [-0.39, 0.29) is 18.4 Å². The van der Waals surface area contributed by atoms with E-state index >= 15 is 0 Å². The molecule has 1 aliphatic rings. The van der Waals surface area contributed by atoms with Gasteiger partial charge in [-0.25, -0.2) is 4.98 Å². The van der Waals surface area contributed by atoms with Crippen molar-refractivity contribution < 1.29 is 14.3 Å². The van der Waals surface area contributed by atoms with Crippen LogP contribution in [0.25, 0.3) is 0 Å². The molecule has 0 radical (unpaired) electrons. The van der Waals surface area contributed by atoms with E-state index in [1.165, 1.54) is 0 Å². The number of benzene rings is 1. The number of fused-ring (bicyclic) bond motifs is 1. The Balaban J connectivity index is 1.62. The molecule has 1 aromatic carbocycles. The molecule has 3 rings (SSSR count). The van der Waals surface area contributed by atoms with Gasteiger partial charge in [0.2, 0.25) is 0 Å². The SMILES string of the molecule is CCN(CC)c1ccc(CNC(=O)c2ccc3c(c2)NC(=O)CO3)cn1. The van der Waals surface area contributed by atoms with Crippen molar-refractivity contribution >= 4 is 23.3 Å². The van der Waals surface area contributed by atoms with Gasteiger partial charge in [-0.15, -0.1) is 0 Å². The summed E-state index contributed by atoms with van der Waals surface area (Å²) in [6, 6.07) is 8.89. The molecule has 1 aliphatic heterocycles. The summed E-state index contributed by atoms with van der Waals surface area (Å²) < 4.78 is 5.29. The van der Waals surface area contributed by atoms with Crippen LogP contribution < -0.4 is 20.3 Å². The molecule has 0 spiro atoms. The minimum Gasteiger partial charge on any atom is -0.482 e. The van der Waals surface area contributed by atoms with Crippen LogP contribution in [0.1, 0.15) is 29.8 Å². The predicted molar refractivity (Wildman–Crippen MR) is 99.5 cm³/mol. The Morgan fingerprint density at radius 1 is 1.27 bits per heavy atom. The summed E-state index contributed by atoms with van der Waals surface area (Å²) in [5, 5.41) is 5.56. The second-order valence-corrected chi connectivity index (χ2v) is 5.93. The van der Waals surface area contributed by atoms with Crippen LogP contribution in [0.4, 0.5) is 11.5 Å². The molecule has 2 heterocycles. The molecule has 0 saturated heterocycles. The van der Waals surface area contributed by atoms with Gasteiger partial charge in [-0.1, -0.05) is 6.07 Å². The van der Waals surface area contributed by atoms with Crippen LogP contribution in [0.15, 0.2) is 36.5 Å². The molecule has 2 amide bonds. The molecule has 136 valence electrons. The van der Waals surface area contributed by atoms with Crippen molar-refractivity contribution in [2.75, 3.05) is 29.9 Å². The predicted octanol–water partition coefficient (Wildman–Crippen LogP) is 2.19. The first kappa shape index (κ1) is 17.7. The topological polar surface area (TPSA) is 83.6 Å². The van der Waals surface area contributed by atoms with E-state index in [0.29, 0.717) is 23.5 Å². The fourth-order valence-electron chi connectivity index (χ4n) is 2.76. The summed E-state index contributed by atoms with van der Waals surface area (Å²) >= 11 is 0. The van der Waals surface area contributed by atoms with Crippen molar-refractivity contribution in [1.29, 1.82) is 0 Å². The van der Waals surface area contributed by atoms with Crippen molar-refractivity contribution in [3.8, 4) is 5.75 Å². The molecule has 0 unspecified atom stereocenters. The van der Waals surface area contributed by atoms with E-state index in [2.05, 4.69) is 34.4 Å². The van der Waals surface area contributed by atoms with Crippen molar-refractivity contribution in [2.24, 2.45) is 0 Å². The molecule has 2 N–H and O–H groups in total. The highest BCUT2D eigenvalue weighted by atomic mass is 16.5. The van der Waals surface area contributed by atoms with Crippen LogP contribution in [0.2, 0.25) is 0 Å². The Morgan fingerprint density at radius 2 is 2.08 bits per heavy atom. The number of pyridine rings is 1. The van der Waals surface area contributed by atoms with Crippen molar-refractivity contribution in [3.63, 3.8) is 0 Å². The third-order valence-electron chi connectivity index (χ3n) is 4.22. The molecule has 7 nitrogen and oxygen atoms in total. The van der Waals surface area contributed by atoms with E-state index in [4.69, 9.17) is 4.74 Å². The van der Waals surface area contributed by atoms with Crippen LogP contribution in [0.3, 0.4) is 0 Å². The number of nitrogens with one attached hydrogen (secondary N) is 2. The molecule has 0 bridgehead atoms. The first-order valence-corrected chi connectivity index (χ1v) is 8.65. The molecule has 0 aliphatic carbocycles. The number of anilines is 2. The number of carbonyl (C=O) groups is 2. The number of hydrogen-bond acceptors (Lipinski definition) is 5. The highest BCUT2D eigenvalue weighted by Gasteiger charge is 2.17. The summed E-state index contributed by atoms with van der Waals surface area (Å²) in [6.07, 6.45) is 1.77. The van der Waals surface area contributed by atoms with E-state index in [0.717, 1.165) is 24.5 Å². The van der Waals surface area contributed by atoms with Gasteiger partial charge < -0.3 is 20.3 Å². The zero-order valence-electron chi connectivity index (χ0n) is 14.9. The van der Waals surface area contributed by atoms with Gasteiger partial charge in [0.15, 0.2) is 6.61 Å². The summed E-state index contributed by atoms with van der Waals surface area (Å²) in [4.78, 5) is 30.4. The lowest BCUT2D eigenvalue weighted by Crippen LogP contribution is -2.27. The Labute approximate surface area is 152 Å². The van der Waals surface area contributed by atoms with E-state index in [1.807, 2.05) is 12.1 Å². The first-order chi connectivity index (χ1) is 12.6. The van der Waals surface area contributed by atoms with Crippen molar-refractivity contribution in [1.82, 2.24) is 10.3 Å². The Morgan fingerprint density at radius 3 is 2.77 bits per heavy atom. The first-order valence-electron chi connectivity index (χ1n) is 8.65. The van der Waals surface area contributed by atoms with Gasteiger partial charge in [0, 0.05) is 31.4 Å². The summed E-state index contributed by atoms with van der Waals surface area (Å²) in [6.45, 7) is 6.35. The van der Waals surface area contributed by atoms with Gasteiger partial charge in [0.25, 0.3) is 11.8 Å². The maximum atomic E-state index is 12.4. The number of amides is 2. The highest BCUT2D eigenvalue weighted by Crippen LogP contribution is 2.28. The monoisotopic (exact) mass is 354 g/mol. The summed E-state index contributed by atoms with van der Waals surface area (Å²) in [5.74, 6) is 1.04. The van der Waals surface area contributed by atoms with Gasteiger partial charge in [0.05, 0.1) is 5.69 Å². The van der Waals surface area contributed by atoms with Gasteiger partial charge in [-0.05, 0) is 43.7 Å². The van der Waals surface area contributed by atoms with E-state index in [9.17, 15) is 9.59 Å². The average Bonchev–Trinajstić information content (AvgIpc) is 2.67. The smallest absolute Gasteiger partial charge is 0.262 e. The average molecular weight is 354 g/mol. The number of rotatable bonds is 6. The van der Waals surface area contributed by atoms with E-state index < -0.39 is 0 Å². The fraction of sp³-hybridized carbons (Fsp3) is 0.316. The van der Waals surface area contributed by atoms with Gasteiger partial charge in [-0.2, -0.15) is 0 Å². The third-order valence-corrected chi connectivity index (χ3v) is 4.22. The molecule has 0 fully saturated rings. The standard InChI is InChI=1S/C19H22N4O3/c1-3-23(4-2)17-8-5-13(10-20-17)11-21-19(25)14-6-7-16-15(9-14)22-18(24)12-26-16/h5-10H,3-4,11-12H2,1-2H3,(H,21,25)(H,22,24). The Kier molecular flexibility index (Phi) is 5.36. The van der Waals surface area contributed by atoms with Crippen LogP contribution in [-0.2, 0) is 11.3 Å². The molecule has 1 aromatic heterocycles. The number of carbonyl (C=O) groups excluding carboxylic acids is 2. The second kappa shape index (κ2) is 7.86. The molecular formula is C19H22N4O3. The Hall–Kier alpha value is -3.09. The van der Waals surface area contributed by atoms with Gasteiger partial charge in [0.1, 0.15) is 11.6 Å². The molecule has 0 saturated carbocycles. The highest BCUT2D eigenvalue weighted by molar-refractivity contribution is 5.99. The maximum Gasteiger partial charge on any atom is 0.262 e. The number of nitrogens with zero attached hydrogens (tertiary/aromatic N) is 2. The normalized spacial score (nSPS) is 12.6. The van der Waals surface area contributed by atoms with Crippen LogP contribution in [0.5, 0.6) is 5.75 Å². The molecule has 2 aromatic rings. The van der Waals surface area contributed by atoms with Crippen molar-refractivity contribution in [3.05, 3.63) is 47.7 Å². The van der Waals surface area contributed by atoms with Crippen LogP contribution in [-0.4, -0.2) is 36.5 Å². The third kappa shape index (κ3) is 3.93. The number of aromatic nitrogens is 1. The van der Waals surface area contributed by atoms with Crippen LogP contribution in [0, 0.1) is 0 Å². The minimum atomic E-state index is -0.227. The van der Waals surface area contributed by atoms with Crippen molar-refractivity contribution in [2.45, 2.75) is 20.4 Å². The number of hydrogen-bond donors (Lipinski definition) is 2. The molecule has 0 atom stereocenters. The molecular weight excluding hydrogens is 332 g/mol. The Bertz CT molecular complexity index is 801. The van der Waals surface area contributed by atoms with Crippen LogP contribution >= 0.6 is 0 Å². The summed E-state index contributed by atoms with van der Waals surface area (Å²) in [5.41, 5.74) is 1.89.